The predicted octanol–water partition coefficient (Wildman–Crippen LogP) is 0.666. The van der Waals surface area contributed by atoms with Crippen molar-refractivity contribution in [1.82, 2.24) is 21.3 Å². The number of rotatable bonds is 39. The quantitative estimate of drug-likeness (QED) is 0.0359. The van der Waals surface area contributed by atoms with Gasteiger partial charge < -0.3 is 59.0 Å². The van der Waals surface area contributed by atoms with Gasteiger partial charge in [0.1, 0.15) is 6.23 Å². The van der Waals surface area contributed by atoms with Crippen LogP contribution in [0.15, 0.2) is 50.6 Å². The van der Waals surface area contributed by atoms with Crippen molar-refractivity contribution in [3.8, 4) is 0 Å². The van der Waals surface area contributed by atoms with Crippen LogP contribution in [-0.2, 0) is 37.9 Å². The van der Waals surface area contributed by atoms with E-state index in [-0.39, 0.29) is 18.1 Å². The lowest BCUT2D eigenvalue weighted by molar-refractivity contribution is 0.0328. The summed E-state index contributed by atoms with van der Waals surface area (Å²) in [5.41, 5.74) is 0. The van der Waals surface area contributed by atoms with Crippen molar-refractivity contribution >= 4 is 0 Å². The maximum Gasteiger partial charge on any atom is 0.123 e. The first-order valence-electron chi connectivity index (χ1n) is 16.3. The Kier molecular flexibility index (Phi) is 35.0. The van der Waals surface area contributed by atoms with E-state index in [1.807, 2.05) is 25.2 Å². The molecule has 13 heteroatoms. The van der Waals surface area contributed by atoms with E-state index in [0.717, 1.165) is 6.54 Å². The SMILES string of the molecule is C=CC(O)NCCOCCOCC(C=C)NCCOCCOCC(C=C)NCCOCCOCC(C=C)NCCOCCOCC. The lowest BCUT2D eigenvalue weighted by Gasteiger charge is -2.17. The zero-order chi connectivity index (χ0) is 33.8. The number of hydrogen-bond donors (Lipinski definition) is 5. The Morgan fingerprint density at radius 1 is 0.435 bits per heavy atom. The van der Waals surface area contributed by atoms with Crippen LogP contribution < -0.4 is 21.3 Å². The topological polar surface area (TPSA) is 142 Å². The van der Waals surface area contributed by atoms with E-state index in [2.05, 4.69) is 47.6 Å². The van der Waals surface area contributed by atoms with Gasteiger partial charge in [-0.2, -0.15) is 0 Å². The molecule has 0 aliphatic heterocycles. The summed E-state index contributed by atoms with van der Waals surface area (Å²) in [5, 5.41) is 22.2. The van der Waals surface area contributed by atoms with Crippen LogP contribution in [0.25, 0.3) is 0 Å². The standard InChI is InChI=1S/C33H64N4O9/c1-6-30(34-11-15-40-20-19-39-10-5)27-44-24-21-41-16-12-35-31(7-2)28-45-25-22-42-17-13-36-32(8-3)29-46-26-23-43-18-14-37-33(38)9-4/h6-9,30-38H,1-4,10-29H2,5H3. The monoisotopic (exact) mass is 660 g/mol. The Hall–Kier alpha value is -1.56. The van der Waals surface area contributed by atoms with Gasteiger partial charge in [0.2, 0.25) is 0 Å². The minimum absolute atomic E-state index is 0.0272. The molecule has 0 saturated heterocycles. The summed E-state index contributed by atoms with van der Waals surface area (Å²) in [6.07, 6.45) is 6.19. The molecule has 0 aliphatic rings. The Labute approximate surface area is 278 Å². The van der Waals surface area contributed by atoms with Gasteiger partial charge in [-0.15, -0.1) is 19.7 Å². The third-order valence-electron chi connectivity index (χ3n) is 6.22. The van der Waals surface area contributed by atoms with Crippen molar-refractivity contribution in [2.24, 2.45) is 0 Å². The zero-order valence-corrected chi connectivity index (χ0v) is 28.3. The van der Waals surface area contributed by atoms with Crippen LogP contribution in [0.2, 0.25) is 0 Å². The number of aliphatic hydroxyl groups excluding tert-OH is 1. The second kappa shape index (κ2) is 36.3. The summed E-state index contributed by atoms with van der Waals surface area (Å²) in [4.78, 5) is 0. The van der Waals surface area contributed by atoms with E-state index in [4.69, 9.17) is 37.9 Å². The lowest BCUT2D eigenvalue weighted by atomic mass is 10.3. The largest absolute Gasteiger partial charge is 0.379 e. The Bertz CT molecular complexity index is 694. The lowest BCUT2D eigenvalue weighted by Crippen LogP contribution is -2.35. The zero-order valence-electron chi connectivity index (χ0n) is 28.3. The van der Waals surface area contributed by atoms with Gasteiger partial charge in [0, 0.05) is 50.9 Å². The minimum atomic E-state index is -0.712. The average Bonchev–Trinajstić information content (AvgIpc) is 3.08. The van der Waals surface area contributed by atoms with E-state index in [1.54, 1.807) is 0 Å². The molecular weight excluding hydrogens is 596 g/mol. The fourth-order valence-corrected chi connectivity index (χ4v) is 3.60. The van der Waals surface area contributed by atoms with Gasteiger partial charge in [0.15, 0.2) is 0 Å². The van der Waals surface area contributed by atoms with E-state index in [1.165, 1.54) is 6.08 Å². The third kappa shape index (κ3) is 31.1. The molecule has 0 amide bonds. The van der Waals surface area contributed by atoms with Crippen molar-refractivity contribution in [2.45, 2.75) is 31.3 Å². The van der Waals surface area contributed by atoms with Gasteiger partial charge in [-0.25, -0.2) is 0 Å². The molecule has 0 fully saturated rings. The molecule has 0 aliphatic carbocycles. The molecule has 0 aromatic heterocycles. The highest BCUT2D eigenvalue weighted by atomic mass is 16.5. The van der Waals surface area contributed by atoms with Crippen LogP contribution >= 0.6 is 0 Å². The molecule has 0 saturated carbocycles. The second-order valence-electron chi connectivity index (χ2n) is 9.89. The van der Waals surface area contributed by atoms with Gasteiger partial charge in [0.05, 0.1) is 99.1 Å². The summed E-state index contributed by atoms with van der Waals surface area (Å²) in [6.45, 7) is 28.3. The minimum Gasteiger partial charge on any atom is -0.379 e. The number of nitrogens with one attached hydrogen (secondary N) is 4. The Morgan fingerprint density at radius 3 is 1.04 bits per heavy atom. The first kappa shape index (κ1) is 44.4. The van der Waals surface area contributed by atoms with Crippen LogP contribution in [0, 0.1) is 0 Å². The highest BCUT2D eigenvalue weighted by molar-refractivity contribution is 4.86. The third-order valence-corrected chi connectivity index (χ3v) is 6.22. The first-order chi connectivity index (χ1) is 22.6. The van der Waals surface area contributed by atoms with Crippen LogP contribution in [0.5, 0.6) is 0 Å². The molecule has 0 aromatic rings. The summed E-state index contributed by atoms with van der Waals surface area (Å²) in [5.74, 6) is 0. The van der Waals surface area contributed by atoms with Crippen molar-refractivity contribution < 1.29 is 43.0 Å². The van der Waals surface area contributed by atoms with Gasteiger partial charge >= 0.3 is 0 Å². The van der Waals surface area contributed by atoms with Crippen LogP contribution in [0.1, 0.15) is 6.92 Å². The van der Waals surface area contributed by atoms with Gasteiger partial charge in [-0.3, -0.25) is 5.32 Å². The number of hydrogen-bond acceptors (Lipinski definition) is 13. The van der Waals surface area contributed by atoms with Gasteiger partial charge in [-0.1, -0.05) is 24.8 Å². The van der Waals surface area contributed by atoms with Crippen molar-refractivity contribution in [2.75, 3.05) is 132 Å². The average molecular weight is 661 g/mol. The highest BCUT2D eigenvalue weighted by Crippen LogP contribution is 1.92. The Morgan fingerprint density at radius 2 is 0.739 bits per heavy atom. The van der Waals surface area contributed by atoms with Crippen LogP contribution in [-0.4, -0.2) is 161 Å². The molecule has 0 spiro atoms. The molecule has 4 unspecified atom stereocenters. The summed E-state index contributed by atoms with van der Waals surface area (Å²) in [7, 11) is 0. The van der Waals surface area contributed by atoms with Crippen molar-refractivity contribution in [1.29, 1.82) is 0 Å². The molecule has 13 nitrogen and oxygen atoms in total. The highest BCUT2D eigenvalue weighted by Gasteiger charge is 2.06. The van der Waals surface area contributed by atoms with Crippen LogP contribution in [0.3, 0.4) is 0 Å². The first-order valence-corrected chi connectivity index (χ1v) is 16.3. The van der Waals surface area contributed by atoms with E-state index in [0.29, 0.717) is 125 Å². The molecule has 0 bridgehead atoms. The molecule has 5 N–H and O–H groups in total. The van der Waals surface area contributed by atoms with Gasteiger partial charge in [-0.05, 0) is 13.0 Å². The predicted molar refractivity (Wildman–Crippen MR) is 182 cm³/mol. The van der Waals surface area contributed by atoms with E-state index >= 15 is 0 Å². The number of ether oxygens (including phenoxy) is 8. The molecule has 4 atom stereocenters. The maximum atomic E-state index is 9.30. The molecular formula is C33H64N4O9. The fourth-order valence-electron chi connectivity index (χ4n) is 3.60. The molecule has 46 heavy (non-hydrogen) atoms. The van der Waals surface area contributed by atoms with Crippen LogP contribution in [0.4, 0.5) is 0 Å². The molecule has 0 heterocycles. The number of aliphatic hydroxyl groups is 1. The fraction of sp³-hybridized carbons (Fsp3) is 0.758. The maximum absolute atomic E-state index is 9.30. The molecule has 0 rings (SSSR count). The molecule has 0 radical (unpaired) electrons. The summed E-state index contributed by atoms with van der Waals surface area (Å²) < 4.78 is 44.5. The van der Waals surface area contributed by atoms with E-state index < -0.39 is 6.23 Å². The van der Waals surface area contributed by atoms with Gasteiger partial charge in [0.25, 0.3) is 0 Å². The Balaban J connectivity index is 3.58. The normalized spacial score (nSPS) is 14.0. The van der Waals surface area contributed by atoms with Crippen molar-refractivity contribution in [3.05, 3.63) is 50.6 Å². The summed E-state index contributed by atoms with van der Waals surface area (Å²) in [6, 6.07) is 0.127. The summed E-state index contributed by atoms with van der Waals surface area (Å²) >= 11 is 0. The van der Waals surface area contributed by atoms with E-state index in [9.17, 15) is 5.11 Å². The molecule has 0 aromatic carbocycles. The second-order valence-corrected chi connectivity index (χ2v) is 9.89. The van der Waals surface area contributed by atoms with Crippen molar-refractivity contribution in [3.63, 3.8) is 0 Å². The molecule has 270 valence electrons. The smallest absolute Gasteiger partial charge is 0.123 e.